The van der Waals surface area contributed by atoms with Crippen molar-refractivity contribution in [3.63, 3.8) is 0 Å². The highest BCUT2D eigenvalue weighted by Gasteiger charge is 2.34. The number of hydrogen-bond acceptors (Lipinski definition) is 4. The first kappa shape index (κ1) is 22.3. The standard InChI is InChI=1S/C21H10Br4N2O4/c22-19-13(5-6-14(20(19)23)27-17(30)9-10-18(27)31)21(24,25)11-1-3-12(4-2-11)26-15(28)7-8-16(26)29/h1-10H. The molecule has 4 amide bonds. The maximum Gasteiger partial charge on any atom is 0.258 e. The quantitative estimate of drug-likeness (QED) is 0.336. The number of rotatable bonds is 4. The van der Waals surface area contributed by atoms with Gasteiger partial charge >= 0.3 is 0 Å². The highest BCUT2D eigenvalue weighted by atomic mass is 79.9. The topological polar surface area (TPSA) is 74.8 Å². The van der Waals surface area contributed by atoms with Crippen molar-refractivity contribution in [3.8, 4) is 0 Å². The van der Waals surface area contributed by atoms with Crippen LogP contribution >= 0.6 is 63.7 Å². The zero-order valence-corrected chi connectivity index (χ0v) is 21.7. The summed E-state index contributed by atoms with van der Waals surface area (Å²) < 4.78 is 0.325. The number of benzene rings is 2. The van der Waals surface area contributed by atoms with Gasteiger partial charge in [-0.3, -0.25) is 19.2 Å². The molecule has 10 heteroatoms. The summed E-state index contributed by atoms with van der Waals surface area (Å²) in [6.07, 6.45) is 4.92. The number of alkyl halides is 2. The highest BCUT2D eigenvalue weighted by molar-refractivity contribution is 9.25. The van der Waals surface area contributed by atoms with Gasteiger partial charge < -0.3 is 0 Å². The van der Waals surface area contributed by atoms with E-state index in [1.807, 2.05) is 0 Å². The molecular weight excluding hydrogens is 664 g/mol. The van der Waals surface area contributed by atoms with Crippen LogP contribution in [0.2, 0.25) is 0 Å². The molecule has 0 N–H and O–H groups in total. The van der Waals surface area contributed by atoms with Crippen molar-refractivity contribution in [2.24, 2.45) is 0 Å². The Labute approximate surface area is 210 Å². The molecule has 156 valence electrons. The SMILES string of the molecule is O=C1C=CC(=O)N1c1ccc(C(Br)(Br)c2ccc(N3C(=O)C=CC3=O)c(Br)c2Br)cc1. The van der Waals surface area contributed by atoms with Crippen LogP contribution in [0.5, 0.6) is 0 Å². The summed E-state index contributed by atoms with van der Waals surface area (Å²) in [6.45, 7) is 0. The fourth-order valence-corrected chi connectivity index (χ4v) is 6.10. The van der Waals surface area contributed by atoms with Gasteiger partial charge in [-0.25, -0.2) is 9.80 Å². The fourth-order valence-electron chi connectivity index (χ4n) is 3.22. The van der Waals surface area contributed by atoms with E-state index in [9.17, 15) is 19.2 Å². The Morgan fingerprint density at radius 1 is 0.613 bits per heavy atom. The fraction of sp³-hybridized carbons (Fsp3) is 0.0476. The third-order valence-electron chi connectivity index (χ3n) is 4.75. The lowest BCUT2D eigenvalue weighted by atomic mass is 10.0. The molecule has 2 aliphatic heterocycles. The van der Waals surface area contributed by atoms with Crippen molar-refractivity contribution in [2.45, 2.75) is 3.23 Å². The van der Waals surface area contributed by atoms with Gasteiger partial charge in [0.05, 0.1) is 15.8 Å². The monoisotopic (exact) mass is 670 g/mol. The molecule has 0 fully saturated rings. The smallest absolute Gasteiger partial charge is 0.258 e. The van der Waals surface area contributed by atoms with Crippen molar-refractivity contribution < 1.29 is 19.2 Å². The molecule has 2 aromatic rings. The molecule has 0 saturated carbocycles. The minimum Gasteiger partial charge on any atom is -0.269 e. The Hall–Kier alpha value is -1.88. The van der Waals surface area contributed by atoms with E-state index in [1.54, 1.807) is 36.4 Å². The molecule has 0 atom stereocenters. The second kappa shape index (κ2) is 8.23. The number of carbonyl (C=O) groups is 4. The van der Waals surface area contributed by atoms with Gasteiger partial charge in [0.15, 0.2) is 0 Å². The van der Waals surface area contributed by atoms with Gasteiger partial charge in [0.2, 0.25) is 0 Å². The molecule has 2 heterocycles. The van der Waals surface area contributed by atoms with E-state index in [-0.39, 0.29) is 11.8 Å². The number of nitrogens with zero attached hydrogens (tertiary/aromatic N) is 2. The average molecular weight is 674 g/mol. The zero-order valence-electron chi connectivity index (χ0n) is 15.3. The van der Waals surface area contributed by atoms with E-state index in [4.69, 9.17) is 0 Å². The Balaban J connectivity index is 1.68. The van der Waals surface area contributed by atoms with Gasteiger partial charge in [0, 0.05) is 28.8 Å². The molecule has 0 saturated heterocycles. The summed E-state index contributed by atoms with van der Waals surface area (Å²) in [5, 5.41) is 0. The first-order valence-corrected chi connectivity index (χ1v) is 11.9. The molecular formula is C21H10Br4N2O4. The van der Waals surface area contributed by atoms with Crippen LogP contribution in [-0.2, 0) is 22.4 Å². The second-order valence-electron chi connectivity index (χ2n) is 6.57. The lowest BCUT2D eigenvalue weighted by molar-refractivity contribution is -0.121. The molecule has 31 heavy (non-hydrogen) atoms. The number of halogens is 4. The van der Waals surface area contributed by atoms with Gasteiger partial charge in [-0.05, 0) is 61.2 Å². The van der Waals surface area contributed by atoms with E-state index in [0.717, 1.165) is 20.9 Å². The normalized spacial score (nSPS) is 16.3. The van der Waals surface area contributed by atoms with Crippen LogP contribution in [0.25, 0.3) is 0 Å². The summed E-state index contributed by atoms with van der Waals surface area (Å²) in [7, 11) is 0. The molecule has 6 nitrogen and oxygen atoms in total. The molecule has 0 aliphatic carbocycles. The highest BCUT2D eigenvalue weighted by Crippen LogP contribution is 2.50. The Morgan fingerprint density at radius 2 is 1.10 bits per heavy atom. The third kappa shape index (κ3) is 3.79. The molecule has 0 unspecified atom stereocenters. The number of anilines is 2. The van der Waals surface area contributed by atoms with Crippen LogP contribution in [0.15, 0.2) is 69.6 Å². The van der Waals surface area contributed by atoms with E-state index in [0.29, 0.717) is 20.3 Å². The lowest BCUT2D eigenvalue weighted by Crippen LogP contribution is -2.30. The van der Waals surface area contributed by atoms with Crippen LogP contribution in [0.3, 0.4) is 0 Å². The second-order valence-corrected chi connectivity index (χ2v) is 11.6. The maximum atomic E-state index is 12.0. The summed E-state index contributed by atoms with van der Waals surface area (Å²) in [5.74, 6) is -1.59. The third-order valence-corrected chi connectivity index (χ3v) is 8.68. The predicted octanol–water partition coefficient (Wildman–Crippen LogP) is 5.06. The van der Waals surface area contributed by atoms with Gasteiger partial charge in [0.1, 0.15) is 3.23 Å². The molecule has 4 rings (SSSR count). The number of carbonyl (C=O) groups excluding carboxylic acids is 4. The summed E-state index contributed by atoms with van der Waals surface area (Å²) in [6, 6.07) is 10.4. The van der Waals surface area contributed by atoms with Crippen molar-refractivity contribution >= 4 is 98.7 Å². The molecule has 0 spiro atoms. The van der Waals surface area contributed by atoms with Gasteiger partial charge in [-0.2, -0.15) is 0 Å². The minimum atomic E-state index is -0.840. The minimum absolute atomic E-state index is 0.385. The first-order valence-electron chi connectivity index (χ1n) is 8.72. The van der Waals surface area contributed by atoms with Gasteiger partial charge in [0.25, 0.3) is 23.6 Å². The van der Waals surface area contributed by atoms with Gasteiger partial charge in [-0.1, -0.05) is 50.1 Å². The first-order chi connectivity index (χ1) is 14.6. The summed E-state index contributed by atoms with van der Waals surface area (Å²) >= 11 is 14.4. The Bertz CT molecular complexity index is 1180. The van der Waals surface area contributed by atoms with Crippen LogP contribution < -0.4 is 9.80 Å². The Kier molecular flexibility index (Phi) is 5.93. The molecule has 0 bridgehead atoms. The van der Waals surface area contributed by atoms with E-state index < -0.39 is 15.0 Å². The predicted molar refractivity (Wildman–Crippen MR) is 130 cm³/mol. The number of hydrogen-bond donors (Lipinski definition) is 0. The number of amides is 4. The van der Waals surface area contributed by atoms with Crippen LogP contribution in [0, 0.1) is 0 Å². The Morgan fingerprint density at radius 3 is 1.61 bits per heavy atom. The zero-order chi connectivity index (χ0) is 22.5. The largest absolute Gasteiger partial charge is 0.269 e. The van der Waals surface area contributed by atoms with Crippen LogP contribution in [0.1, 0.15) is 11.1 Å². The average Bonchev–Trinajstić information content (AvgIpc) is 3.24. The van der Waals surface area contributed by atoms with Crippen LogP contribution in [-0.4, -0.2) is 23.6 Å². The lowest BCUT2D eigenvalue weighted by Gasteiger charge is -2.26. The van der Waals surface area contributed by atoms with Crippen molar-refractivity contribution in [3.05, 3.63) is 80.8 Å². The van der Waals surface area contributed by atoms with Crippen molar-refractivity contribution in [2.75, 3.05) is 9.80 Å². The molecule has 0 radical (unpaired) electrons. The molecule has 0 aromatic heterocycles. The van der Waals surface area contributed by atoms with E-state index in [1.165, 1.54) is 24.3 Å². The summed E-state index contributed by atoms with van der Waals surface area (Å²) in [5.41, 5.74) is 2.44. The van der Waals surface area contributed by atoms with Gasteiger partial charge in [-0.15, -0.1) is 0 Å². The van der Waals surface area contributed by atoms with Crippen molar-refractivity contribution in [1.82, 2.24) is 0 Å². The molecule has 2 aliphatic rings. The van der Waals surface area contributed by atoms with E-state index >= 15 is 0 Å². The molecule has 2 aromatic carbocycles. The summed E-state index contributed by atoms with van der Waals surface area (Å²) in [4.78, 5) is 50.0. The van der Waals surface area contributed by atoms with Crippen LogP contribution in [0.4, 0.5) is 11.4 Å². The van der Waals surface area contributed by atoms with E-state index in [2.05, 4.69) is 63.7 Å². The number of imide groups is 2. The maximum absolute atomic E-state index is 12.0. The van der Waals surface area contributed by atoms with Crippen molar-refractivity contribution in [1.29, 1.82) is 0 Å².